The molecule has 2 heterocycles. The molecule has 0 radical (unpaired) electrons. The molecule has 2 aliphatic rings. The van der Waals surface area contributed by atoms with Crippen LogP contribution in [0.15, 0.2) is 24.3 Å². The molecule has 2 aliphatic heterocycles. The number of methoxy groups -OCH3 is 1. The highest BCUT2D eigenvalue weighted by molar-refractivity contribution is 5.96. The van der Waals surface area contributed by atoms with Crippen molar-refractivity contribution >= 4 is 30.7 Å². The average Bonchev–Trinajstić information content (AvgIpc) is 2.86. The van der Waals surface area contributed by atoms with Crippen molar-refractivity contribution in [3.63, 3.8) is 0 Å². The van der Waals surface area contributed by atoms with Gasteiger partial charge in [0, 0.05) is 44.9 Å². The fraction of sp³-hybridized carbons (Fsp3) is 0.759. The highest BCUT2D eigenvalue weighted by Crippen LogP contribution is 2.34. The number of ether oxygens (including phenoxy) is 2. The van der Waals surface area contributed by atoms with Crippen LogP contribution in [0, 0.1) is 11.8 Å². The molecule has 2 fully saturated rings. The number of fused-ring (bicyclic) bond motifs is 2. The molecule has 3 atom stereocenters. The first-order valence-corrected chi connectivity index (χ1v) is 14.1. The summed E-state index contributed by atoms with van der Waals surface area (Å²) >= 11 is 0. The van der Waals surface area contributed by atoms with E-state index in [0.29, 0.717) is 62.0 Å². The van der Waals surface area contributed by atoms with E-state index in [1.807, 2.05) is 18.2 Å². The molecule has 7 nitrogen and oxygen atoms in total. The van der Waals surface area contributed by atoms with E-state index < -0.39 is 6.10 Å². The monoisotopic (exact) mass is 575 g/mol. The van der Waals surface area contributed by atoms with Gasteiger partial charge in [0.1, 0.15) is 5.75 Å². The van der Waals surface area contributed by atoms with E-state index in [9.17, 15) is 9.90 Å². The van der Waals surface area contributed by atoms with Gasteiger partial charge in [0.2, 0.25) is 0 Å². The van der Waals surface area contributed by atoms with Crippen LogP contribution in [0.4, 0.5) is 0 Å². The van der Waals surface area contributed by atoms with Crippen LogP contribution >= 0.6 is 24.8 Å². The second kappa shape index (κ2) is 18.3. The molecule has 0 unspecified atom stereocenters. The lowest BCUT2D eigenvalue weighted by Gasteiger charge is -2.47. The van der Waals surface area contributed by atoms with Crippen molar-refractivity contribution in [2.45, 2.75) is 95.9 Å². The number of benzene rings is 1. The number of nitrogens with one attached hydrogen (secondary N) is 1. The van der Waals surface area contributed by atoms with Crippen LogP contribution in [-0.4, -0.2) is 73.6 Å². The van der Waals surface area contributed by atoms with Crippen molar-refractivity contribution in [1.82, 2.24) is 10.2 Å². The summed E-state index contributed by atoms with van der Waals surface area (Å²) in [4.78, 5) is 15.6. The highest BCUT2D eigenvalue weighted by Gasteiger charge is 2.36. The molecule has 1 amide bonds. The molecular formula is C29H51Cl2N3O4. The number of hydrogen-bond donors (Lipinski definition) is 3. The third-order valence-electron chi connectivity index (χ3n) is 8.15. The minimum atomic E-state index is -0.546. The van der Waals surface area contributed by atoms with Crippen LogP contribution in [0.2, 0.25) is 0 Å². The van der Waals surface area contributed by atoms with Crippen LogP contribution < -0.4 is 15.8 Å². The van der Waals surface area contributed by atoms with Gasteiger partial charge >= 0.3 is 0 Å². The summed E-state index contributed by atoms with van der Waals surface area (Å²) < 4.78 is 11.0. The number of nitrogens with zero attached hydrogens (tertiary/aromatic N) is 1. The van der Waals surface area contributed by atoms with Gasteiger partial charge in [-0.15, -0.1) is 24.8 Å². The van der Waals surface area contributed by atoms with Crippen LogP contribution in [0.1, 0.15) is 82.0 Å². The minimum Gasteiger partial charge on any atom is -0.493 e. The van der Waals surface area contributed by atoms with Crippen molar-refractivity contribution < 1.29 is 19.4 Å². The van der Waals surface area contributed by atoms with E-state index >= 15 is 0 Å². The quantitative estimate of drug-likeness (QED) is 0.259. The Morgan fingerprint density at radius 2 is 1.68 bits per heavy atom. The number of aliphatic hydroxyl groups excluding tert-OH is 1. The maximum absolute atomic E-state index is 13.0. The Morgan fingerprint density at radius 1 is 1.08 bits per heavy atom. The number of rotatable bonds is 15. The molecule has 9 heteroatoms. The molecule has 3 rings (SSSR count). The van der Waals surface area contributed by atoms with Gasteiger partial charge in [-0.25, -0.2) is 0 Å². The molecule has 4 N–H and O–H groups in total. The van der Waals surface area contributed by atoms with Crippen molar-refractivity contribution in [3.05, 3.63) is 29.8 Å². The Balaban J connectivity index is 0.00000361. The number of carbonyl (C=O) groups is 1. The summed E-state index contributed by atoms with van der Waals surface area (Å²) in [5, 5.41) is 14.1. The van der Waals surface area contributed by atoms with Gasteiger partial charge in [-0.2, -0.15) is 0 Å². The van der Waals surface area contributed by atoms with E-state index in [2.05, 4.69) is 24.1 Å². The SMILES string of the molecule is COCCCCOc1ccccc1C(=O)NC[C@@H](C[C@H](N)[C@@H](O)CN1C2CCCC1CCC2)C(C)C.Cl.Cl. The number of aliphatic hydroxyl groups is 1. The average molecular weight is 577 g/mol. The second-order valence-electron chi connectivity index (χ2n) is 11.1. The van der Waals surface area contributed by atoms with Crippen LogP contribution in [-0.2, 0) is 4.74 Å². The normalized spacial score (nSPS) is 21.5. The number of carbonyl (C=O) groups excluding carboxylic acids is 1. The Hall–Kier alpha value is -1.09. The second-order valence-corrected chi connectivity index (χ2v) is 11.1. The largest absolute Gasteiger partial charge is 0.493 e. The third-order valence-corrected chi connectivity index (χ3v) is 8.15. The number of halogens is 2. The zero-order chi connectivity index (χ0) is 25.9. The lowest BCUT2D eigenvalue weighted by Crippen LogP contribution is -2.55. The number of amides is 1. The molecule has 2 bridgehead atoms. The van der Waals surface area contributed by atoms with Gasteiger partial charge in [0.15, 0.2) is 0 Å². The maximum atomic E-state index is 13.0. The third kappa shape index (κ3) is 10.5. The summed E-state index contributed by atoms with van der Waals surface area (Å²) in [7, 11) is 1.69. The predicted molar refractivity (Wildman–Crippen MR) is 159 cm³/mol. The fourth-order valence-corrected chi connectivity index (χ4v) is 5.81. The van der Waals surface area contributed by atoms with Crippen molar-refractivity contribution in [3.8, 4) is 5.75 Å². The lowest BCUT2D eigenvalue weighted by atomic mass is 9.83. The van der Waals surface area contributed by atoms with Crippen molar-refractivity contribution in [1.29, 1.82) is 0 Å². The Morgan fingerprint density at radius 3 is 2.29 bits per heavy atom. The number of para-hydroxylation sites is 1. The smallest absolute Gasteiger partial charge is 0.255 e. The van der Waals surface area contributed by atoms with E-state index in [0.717, 1.165) is 12.8 Å². The Kier molecular flexibility index (Phi) is 16.8. The predicted octanol–water partition coefficient (Wildman–Crippen LogP) is 4.82. The molecule has 1 aromatic rings. The highest BCUT2D eigenvalue weighted by atomic mass is 35.5. The molecule has 2 saturated heterocycles. The molecular weight excluding hydrogens is 525 g/mol. The number of hydrogen-bond acceptors (Lipinski definition) is 6. The van der Waals surface area contributed by atoms with Crippen molar-refractivity contribution in [2.24, 2.45) is 17.6 Å². The summed E-state index contributed by atoms with van der Waals surface area (Å²) in [5.74, 6) is 0.989. The van der Waals surface area contributed by atoms with Crippen LogP contribution in [0.25, 0.3) is 0 Å². The molecule has 0 aliphatic carbocycles. The minimum absolute atomic E-state index is 0. The van der Waals surface area contributed by atoms with Crippen LogP contribution in [0.5, 0.6) is 5.75 Å². The number of piperidine rings is 2. The topological polar surface area (TPSA) is 97.0 Å². The van der Waals surface area contributed by atoms with E-state index in [1.165, 1.54) is 38.5 Å². The summed E-state index contributed by atoms with van der Waals surface area (Å²) in [6, 6.07) is 8.30. The first-order valence-electron chi connectivity index (χ1n) is 14.1. The first-order chi connectivity index (χ1) is 17.4. The van der Waals surface area contributed by atoms with E-state index in [1.54, 1.807) is 13.2 Å². The zero-order valence-electron chi connectivity index (χ0n) is 23.5. The van der Waals surface area contributed by atoms with E-state index in [-0.39, 0.29) is 42.7 Å². The molecule has 220 valence electrons. The number of unbranched alkanes of at least 4 members (excludes halogenated alkanes) is 1. The van der Waals surface area contributed by atoms with Crippen LogP contribution in [0.3, 0.4) is 0 Å². The van der Waals surface area contributed by atoms with Gasteiger partial charge in [-0.1, -0.05) is 38.8 Å². The molecule has 1 aromatic carbocycles. The molecule has 0 aromatic heterocycles. The van der Waals surface area contributed by atoms with Crippen molar-refractivity contribution in [2.75, 3.05) is 33.4 Å². The van der Waals surface area contributed by atoms with Gasteiger partial charge in [0.05, 0.1) is 18.3 Å². The van der Waals surface area contributed by atoms with Gasteiger partial charge in [0.25, 0.3) is 5.91 Å². The maximum Gasteiger partial charge on any atom is 0.255 e. The molecule has 0 saturated carbocycles. The Bertz CT molecular complexity index is 779. The summed E-state index contributed by atoms with van der Waals surface area (Å²) in [5.41, 5.74) is 7.09. The summed E-state index contributed by atoms with van der Waals surface area (Å²) in [6.07, 6.45) is 9.54. The molecule has 0 spiro atoms. The standard InChI is InChI=1S/C29H49N3O4.2ClH/c1-21(2)22(18-26(30)27(33)20-32-23-10-8-11-24(32)13-9-12-23)19-31-29(34)25-14-4-5-15-28(25)36-17-7-6-16-35-3;;/h4-5,14-15,21-24,26-27,33H,6-13,16-20,30H2,1-3H3,(H,31,34);2*1H/t22-,23?,24?,26+,27+;;/m1../s1. The number of nitrogens with two attached hydrogens (primary N) is 1. The lowest BCUT2D eigenvalue weighted by molar-refractivity contribution is -0.00827. The Labute approximate surface area is 242 Å². The first kappa shape index (κ1) is 34.9. The van der Waals surface area contributed by atoms with Gasteiger partial charge in [-0.05, 0) is 68.9 Å². The summed E-state index contributed by atoms with van der Waals surface area (Å²) in [6.45, 7) is 6.76. The van der Waals surface area contributed by atoms with E-state index in [4.69, 9.17) is 15.2 Å². The molecule has 38 heavy (non-hydrogen) atoms. The fourth-order valence-electron chi connectivity index (χ4n) is 5.81. The van der Waals surface area contributed by atoms with Gasteiger partial charge < -0.3 is 25.6 Å². The zero-order valence-corrected chi connectivity index (χ0v) is 25.1. The van der Waals surface area contributed by atoms with Gasteiger partial charge in [-0.3, -0.25) is 9.69 Å².